The first kappa shape index (κ1) is 15.8. The third-order valence-electron chi connectivity index (χ3n) is 2.81. The van der Waals surface area contributed by atoms with E-state index in [1.54, 1.807) is 24.3 Å². The van der Waals surface area contributed by atoms with Crippen LogP contribution in [0.25, 0.3) is 0 Å². The van der Waals surface area contributed by atoms with Crippen molar-refractivity contribution in [2.24, 2.45) is 0 Å². The molecule has 0 radical (unpaired) electrons. The molecular weight excluding hydrogens is 264 g/mol. The van der Waals surface area contributed by atoms with E-state index in [0.29, 0.717) is 17.3 Å². The number of carbonyl (C=O) groups is 1. The van der Waals surface area contributed by atoms with E-state index in [9.17, 15) is 4.79 Å². The number of halogens is 1. The first-order valence-corrected chi connectivity index (χ1v) is 6.91. The van der Waals surface area contributed by atoms with Crippen LogP contribution in [0.1, 0.15) is 13.8 Å². The molecule has 0 saturated carbocycles. The minimum Gasteiger partial charge on any atom is -0.484 e. The van der Waals surface area contributed by atoms with Gasteiger partial charge in [-0.25, -0.2) is 0 Å². The number of likely N-dealkylation sites (N-methyl/N-ethyl adjacent to an activating group) is 1. The first-order chi connectivity index (χ1) is 9.15. The standard InChI is InChI=1S/C14H21ClN2O2/c1-3-17(4-2)9-8-16-14(18)11-19-13-7-5-6-12(15)10-13/h5-7,10H,3-4,8-9,11H2,1-2H3,(H,16,18). The zero-order valence-electron chi connectivity index (χ0n) is 11.5. The molecule has 1 aromatic carbocycles. The summed E-state index contributed by atoms with van der Waals surface area (Å²) in [5, 5.41) is 3.42. The van der Waals surface area contributed by atoms with Gasteiger partial charge >= 0.3 is 0 Å². The molecule has 106 valence electrons. The van der Waals surface area contributed by atoms with Crippen molar-refractivity contribution in [3.63, 3.8) is 0 Å². The lowest BCUT2D eigenvalue weighted by atomic mass is 10.3. The highest BCUT2D eigenvalue weighted by atomic mass is 35.5. The summed E-state index contributed by atoms with van der Waals surface area (Å²) >= 11 is 5.82. The molecule has 1 N–H and O–H groups in total. The zero-order chi connectivity index (χ0) is 14.1. The molecule has 0 aromatic heterocycles. The van der Waals surface area contributed by atoms with Gasteiger partial charge in [-0.15, -0.1) is 0 Å². The maximum Gasteiger partial charge on any atom is 0.257 e. The van der Waals surface area contributed by atoms with Crippen molar-refractivity contribution in [3.05, 3.63) is 29.3 Å². The maximum atomic E-state index is 11.6. The van der Waals surface area contributed by atoms with E-state index in [4.69, 9.17) is 16.3 Å². The smallest absolute Gasteiger partial charge is 0.257 e. The van der Waals surface area contributed by atoms with Crippen LogP contribution in [0.15, 0.2) is 24.3 Å². The fourth-order valence-electron chi connectivity index (χ4n) is 1.65. The highest BCUT2D eigenvalue weighted by Crippen LogP contribution is 2.16. The van der Waals surface area contributed by atoms with Gasteiger partial charge in [0.15, 0.2) is 6.61 Å². The number of rotatable bonds is 8. The quantitative estimate of drug-likeness (QED) is 0.795. The van der Waals surface area contributed by atoms with Crippen LogP contribution < -0.4 is 10.1 Å². The fraction of sp³-hybridized carbons (Fsp3) is 0.500. The van der Waals surface area contributed by atoms with Crippen molar-refractivity contribution in [2.45, 2.75) is 13.8 Å². The molecule has 0 spiro atoms. The Morgan fingerprint density at radius 3 is 2.74 bits per heavy atom. The van der Waals surface area contributed by atoms with Crippen LogP contribution in [0.5, 0.6) is 5.75 Å². The second kappa shape index (κ2) is 8.77. The van der Waals surface area contributed by atoms with Crippen LogP contribution in [0, 0.1) is 0 Å². The summed E-state index contributed by atoms with van der Waals surface area (Å²) in [6, 6.07) is 7.01. The van der Waals surface area contributed by atoms with Gasteiger partial charge in [-0.05, 0) is 31.3 Å². The normalized spacial score (nSPS) is 10.5. The molecule has 1 rings (SSSR count). The number of ether oxygens (including phenoxy) is 1. The number of amides is 1. The molecule has 1 amide bonds. The highest BCUT2D eigenvalue weighted by molar-refractivity contribution is 6.30. The third kappa shape index (κ3) is 6.45. The average molecular weight is 285 g/mol. The molecule has 19 heavy (non-hydrogen) atoms. The molecule has 4 nitrogen and oxygen atoms in total. The maximum absolute atomic E-state index is 11.6. The molecule has 0 heterocycles. The summed E-state index contributed by atoms with van der Waals surface area (Å²) in [6.45, 7) is 7.70. The lowest BCUT2D eigenvalue weighted by Gasteiger charge is -2.17. The number of nitrogens with zero attached hydrogens (tertiary/aromatic N) is 1. The lowest BCUT2D eigenvalue weighted by molar-refractivity contribution is -0.123. The predicted octanol–water partition coefficient (Wildman–Crippen LogP) is 2.18. The van der Waals surface area contributed by atoms with Crippen molar-refractivity contribution in [1.29, 1.82) is 0 Å². The summed E-state index contributed by atoms with van der Waals surface area (Å²) < 4.78 is 5.35. The molecule has 0 saturated heterocycles. The van der Waals surface area contributed by atoms with E-state index in [1.165, 1.54) is 0 Å². The number of nitrogens with one attached hydrogen (secondary N) is 1. The van der Waals surface area contributed by atoms with Gasteiger partial charge in [0.05, 0.1) is 0 Å². The summed E-state index contributed by atoms with van der Waals surface area (Å²) in [5.74, 6) is 0.485. The van der Waals surface area contributed by atoms with E-state index in [0.717, 1.165) is 19.6 Å². The van der Waals surface area contributed by atoms with E-state index in [1.807, 2.05) is 0 Å². The van der Waals surface area contributed by atoms with Gasteiger partial charge in [-0.2, -0.15) is 0 Å². The van der Waals surface area contributed by atoms with Gasteiger partial charge in [0, 0.05) is 18.1 Å². The van der Waals surface area contributed by atoms with Crippen LogP contribution in [-0.4, -0.2) is 43.6 Å². The summed E-state index contributed by atoms with van der Waals surface area (Å²) in [4.78, 5) is 13.8. The predicted molar refractivity (Wildman–Crippen MR) is 77.7 cm³/mol. The summed E-state index contributed by atoms with van der Waals surface area (Å²) in [7, 11) is 0. The molecule has 0 aliphatic rings. The number of hydrogen-bond acceptors (Lipinski definition) is 3. The Bertz CT molecular complexity index is 395. The Morgan fingerprint density at radius 2 is 2.11 bits per heavy atom. The minimum atomic E-state index is -0.118. The largest absolute Gasteiger partial charge is 0.484 e. The lowest BCUT2D eigenvalue weighted by Crippen LogP contribution is -2.36. The van der Waals surface area contributed by atoms with Crippen LogP contribution >= 0.6 is 11.6 Å². The second-order valence-corrected chi connectivity index (χ2v) is 4.56. The van der Waals surface area contributed by atoms with Gasteiger partial charge in [0.25, 0.3) is 5.91 Å². The zero-order valence-corrected chi connectivity index (χ0v) is 12.2. The number of hydrogen-bond donors (Lipinski definition) is 1. The van der Waals surface area contributed by atoms with E-state index < -0.39 is 0 Å². The average Bonchev–Trinajstić information content (AvgIpc) is 2.41. The Kier molecular flexibility index (Phi) is 7.30. The van der Waals surface area contributed by atoms with E-state index in [-0.39, 0.29) is 12.5 Å². The van der Waals surface area contributed by atoms with Gasteiger partial charge < -0.3 is 15.0 Å². The monoisotopic (exact) mass is 284 g/mol. The summed E-state index contributed by atoms with van der Waals surface area (Å²) in [6.07, 6.45) is 0. The number of carbonyl (C=O) groups excluding carboxylic acids is 1. The Morgan fingerprint density at radius 1 is 1.37 bits per heavy atom. The minimum absolute atomic E-state index is 0.0125. The van der Waals surface area contributed by atoms with Gasteiger partial charge in [-0.3, -0.25) is 4.79 Å². The van der Waals surface area contributed by atoms with Crippen molar-refractivity contribution < 1.29 is 9.53 Å². The molecule has 1 aromatic rings. The molecule has 0 unspecified atom stereocenters. The molecule has 0 atom stereocenters. The molecule has 5 heteroatoms. The van der Waals surface area contributed by atoms with Crippen LogP contribution in [-0.2, 0) is 4.79 Å². The Labute approximate surface area is 119 Å². The Balaban J connectivity index is 2.21. The van der Waals surface area contributed by atoms with Gasteiger partial charge in [0.1, 0.15) is 5.75 Å². The topological polar surface area (TPSA) is 41.6 Å². The van der Waals surface area contributed by atoms with Gasteiger partial charge in [0.2, 0.25) is 0 Å². The third-order valence-corrected chi connectivity index (χ3v) is 3.05. The van der Waals surface area contributed by atoms with Crippen molar-refractivity contribution in [2.75, 3.05) is 32.8 Å². The highest BCUT2D eigenvalue weighted by Gasteiger charge is 2.04. The van der Waals surface area contributed by atoms with Crippen molar-refractivity contribution in [3.8, 4) is 5.75 Å². The second-order valence-electron chi connectivity index (χ2n) is 4.12. The van der Waals surface area contributed by atoms with Crippen molar-refractivity contribution in [1.82, 2.24) is 10.2 Å². The molecular formula is C14H21ClN2O2. The van der Waals surface area contributed by atoms with Crippen LogP contribution in [0.2, 0.25) is 5.02 Å². The molecule has 0 fully saturated rings. The fourth-order valence-corrected chi connectivity index (χ4v) is 1.83. The number of benzene rings is 1. The SMILES string of the molecule is CCN(CC)CCNC(=O)COc1cccc(Cl)c1. The molecule has 0 aliphatic heterocycles. The van der Waals surface area contributed by atoms with Crippen molar-refractivity contribution >= 4 is 17.5 Å². The first-order valence-electron chi connectivity index (χ1n) is 6.53. The Hall–Kier alpha value is -1.26. The molecule has 0 bridgehead atoms. The van der Waals surface area contributed by atoms with Crippen LogP contribution in [0.4, 0.5) is 0 Å². The van der Waals surface area contributed by atoms with E-state index >= 15 is 0 Å². The van der Waals surface area contributed by atoms with Gasteiger partial charge in [-0.1, -0.05) is 31.5 Å². The van der Waals surface area contributed by atoms with Crippen LogP contribution in [0.3, 0.4) is 0 Å². The van der Waals surface area contributed by atoms with E-state index in [2.05, 4.69) is 24.1 Å². The molecule has 0 aliphatic carbocycles. The summed E-state index contributed by atoms with van der Waals surface area (Å²) in [5.41, 5.74) is 0.